The van der Waals surface area contributed by atoms with Gasteiger partial charge in [0.25, 0.3) is 0 Å². The molecular weight excluding hydrogens is 278 g/mol. The molecule has 0 saturated carbocycles. The minimum Gasteiger partial charge on any atom is -0.322 e. The minimum atomic E-state index is 0.422. The van der Waals surface area contributed by atoms with Gasteiger partial charge in [-0.3, -0.25) is 0 Å². The second-order valence-corrected chi connectivity index (χ2v) is 6.17. The number of imidazole rings is 1. The quantitative estimate of drug-likeness (QED) is 0.685. The monoisotopic (exact) mass is 291 g/mol. The highest BCUT2D eigenvalue weighted by atomic mass is 35.5. The fraction of sp³-hybridized carbons (Fsp3) is 0.286. The average Bonchev–Trinajstić information content (AvgIpc) is 2.94. The van der Waals surface area contributed by atoms with E-state index in [4.69, 9.17) is 11.6 Å². The van der Waals surface area contributed by atoms with E-state index in [0.29, 0.717) is 5.88 Å². The average molecular weight is 292 g/mol. The number of aryl methyl sites for hydroxylation is 2. The van der Waals surface area contributed by atoms with Crippen LogP contribution in [0.15, 0.2) is 24.4 Å². The van der Waals surface area contributed by atoms with E-state index in [1.54, 1.807) is 11.3 Å². The van der Waals surface area contributed by atoms with E-state index in [-0.39, 0.29) is 0 Å². The highest BCUT2D eigenvalue weighted by Gasteiger charge is 2.11. The molecule has 0 radical (unpaired) electrons. The molecule has 0 aliphatic rings. The maximum absolute atomic E-state index is 6.02. The Morgan fingerprint density at radius 3 is 2.84 bits per heavy atom. The molecule has 0 bridgehead atoms. The van der Waals surface area contributed by atoms with Gasteiger partial charge >= 0.3 is 0 Å². The van der Waals surface area contributed by atoms with Gasteiger partial charge in [-0.05, 0) is 31.5 Å². The fourth-order valence-corrected chi connectivity index (χ4v) is 3.18. The van der Waals surface area contributed by atoms with E-state index in [2.05, 4.69) is 39.7 Å². The van der Waals surface area contributed by atoms with Crippen LogP contribution < -0.4 is 0 Å². The van der Waals surface area contributed by atoms with Crippen LogP contribution in [0.5, 0.6) is 0 Å². The molecule has 2 heterocycles. The zero-order chi connectivity index (χ0) is 13.4. The van der Waals surface area contributed by atoms with Crippen LogP contribution in [0.2, 0.25) is 0 Å². The lowest BCUT2D eigenvalue weighted by Gasteiger charge is -2.06. The molecule has 1 aromatic carbocycles. The normalized spacial score (nSPS) is 11.3. The Morgan fingerprint density at radius 1 is 1.32 bits per heavy atom. The third kappa shape index (κ3) is 2.38. The Hall–Kier alpha value is -1.39. The summed E-state index contributed by atoms with van der Waals surface area (Å²) in [6.45, 7) is 4.90. The Morgan fingerprint density at radius 2 is 2.16 bits per heavy atom. The first-order valence-electron chi connectivity index (χ1n) is 6.10. The number of halogens is 1. The second-order valence-electron chi connectivity index (χ2n) is 4.59. The van der Waals surface area contributed by atoms with Gasteiger partial charge in [-0.1, -0.05) is 6.07 Å². The molecule has 2 aromatic heterocycles. The SMILES string of the molecule is Cc1ccc2nc(CCl)n(Cc3cnc(C)s3)c2c1. The maximum atomic E-state index is 6.02. The molecule has 0 N–H and O–H groups in total. The van der Waals surface area contributed by atoms with Crippen molar-refractivity contribution in [3.8, 4) is 0 Å². The number of rotatable bonds is 3. The van der Waals surface area contributed by atoms with Crippen molar-refractivity contribution in [1.29, 1.82) is 0 Å². The first-order chi connectivity index (χ1) is 9.17. The van der Waals surface area contributed by atoms with Crippen LogP contribution in [-0.4, -0.2) is 14.5 Å². The first kappa shape index (κ1) is 12.6. The van der Waals surface area contributed by atoms with E-state index < -0.39 is 0 Å². The molecule has 98 valence electrons. The van der Waals surface area contributed by atoms with Crippen molar-refractivity contribution in [3.05, 3.63) is 45.7 Å². The Bertz CT molecular complexity index is 729. The van der Waals surface area contributed by atoms with Gasteiger partial charge in [-0.2, -0.15) is 0 Å². The number of alkyl halides is 1. The molecule has 0 aliphatic heterocycles. The van der Waals surface area contributed by atoms with E-state index in [0.717, 1.165) is 28.4 Å². The van der Waals surface area contributed by atoms with E-state index in [9.17, 15) is 0 Å². The lowest BCUT2D eigenvalue weighted by molar-refractivity contribution is 0.787. The predicted octanol–water partition coefficient (Wildman–Crippen LogP) is 3.90. The predicted molar refractivity (Wildman–Crippen MR) is 80.0 cm³/mol. The van der Waals surface area contributed by atoms with Gasteiger partial charge in [0.15, 0.2) is 0 Å². The molecule has 0 atom stereocenters. The molecule has 0 amide bonds. The number of thiazole rings is 1. The summed E-state index contributed by atoms with van der Waals surface area (Å²) in [5.41, 5.74) is 3.37. The highest BCUT2D eigenvalue weighted by molar-refractivity contribution is 7.11. The summed E-state index contributed by atoms with van der Waals surface area (Å²) in [5, 5.41) is 1.09. The van der Waals surface area contributed by atoms with Crippen LogP contribution in [0.4, 0.5) is 0 Å². The van der Waals surface area contributed by atoms with Gasteiger partial charge < -0.3 is 4.57 Å². The van der Waals surface area contributed by atoms with Crippen LogP contribution >= 0.6 is 22.9 Å². The number of aromatic nitrogens is 3. The summed E-state index contributed by atoms with van der Waals surface area (Å²) in [6.07, 6.45) is 1.93. The molecule has 19 heavy (non-hydrogen) atoms. The number of hydrogen-bond donors (Lipinski definition) is 0. The largest absolute Gasteiger partial charge is 0.322 e. The molecule has 3 aromatic rings. The first-order valence-corrected chi connectivity index (χ1v) is 7.45. The zero-order valence-corrected chi connectivity index (χ0v) is 12.4. The van der Waals surface area contributed by atoms with Crippen LogP contribution in [0.1, 0.15) is 21.3 Å². The van der Waals surface area contributed by atoms with E-state index in [1.165, 1.54) is 10.4 Å². The standard InChI is InChI=1S/C14H14ClN3S/c1-9-3-4-12-13(5-9)18(14(6-15)17-12)8-11-7-16-10(2)19-11/h3-5,7H,6,8H2,1-2H3. The Labute approximate surface area is 120 Å². The summed E-state index contributed by atoms with van der Waals surface area (Å²) in [4.78, 5) is 10.1. The van der Waals surface area contributed by atoms with Gasteiger partial charge in [0.05, 0.1) is 28.5 Å². The molecule has 0 saturated heterocycles. The van der Waals surface area contributed by atoms with E-state index in [1.807, 2.05) is 13.1 Å². The van der Waals surface area contributed by atoms with Crippen molar-refractivity contribution in [2.24, 2.45) is 0 Å². The van der Waals surface area contributed by atoms with E-state index >= 15 is 0 Å². The fourth-order valence-electron chi connectivity index (χ4n) is 2.20. The van der Waals surface area contributed by atoms with Crippen LogP contribution in [0.3, 0.4) is 0 Å². The summed E-state index contributed by atoms with van der Waals surface area (Å²) < 4.78 is 2.18. The summed E-state index contributed by atoms with van der Waals surface area (Å²) in [5.74, 6) is 1.33. The van der Waals surface area contributed by atoms with Gasteiger partial charge in [-0.15, -0.1) is 22.9 Å². The van der Waals surface area contributed by atoms with Crippen molar-refractivity contribution in [1.82, 2.24) is 14.5 Å². The number of hydrogen-bond acceptors (Lipinski definition) is 3. The second kappa shape index (κ2) is 4.94. The van der Waals surface area contributed by atoms with Crippen LogP contribution in [0, 0.1) is 13.8 Å². The lowest BCUT2D eigenvalue weighted by Crippen LogP contribution is -2.02. The van der Waals surface area contributed by atoms with Gasteiger partial charge in [0.2, 0.25) is 0 Å². The number of benzene rings is 1. The summed E-state index contributed by atoms with van der Waals surface area (Å²) in [6, 6.07) is 6.29. The zero-order valence-electron chi connectivity index (χ0n) is 10.9. The number of nitrogens with zero attached hydrogens (tertiary/aromatic N) is 3. The van der Waals surface area contributed by atoms with Crippen LogP contribution in [-0.2, 0) is 12.4 Å². The van der Waals surface area contributed by atoms with Crippen molar-refractivity contribution in [2.75, 3.05) is 0 Å². The molecule has 3 nitrogen and oxygen atoms in total. The lowest BCUT2D eigenvalue weighted by atomic mass is 10.2. The topological polar surface area (TPSA) is 30.7 Å². The molecule has 0 aliphatic carbocycles. The van der Waals surface area contributed by atoms with Crippen molar-refractivity contribution in [2.45, 2.75) is 26.3 Å². The maximum Gasteiger partial charge on any atom is 0.125 e. The minimum absolute atomic E-state index is 0.422. The molecular formula is C14H14ClN3S. The third-order valence-corrected chi connectivity index (χ3v) is 4.22. The van der Waals surface area contributed by atoms with Gasteiger partial charge in [-0.25, -0.2) is 9.97 Å². The number of fused-ring (bicyclic) bond motifs is 1. The smallest absolute Gasteiger partial charge is 0.125 e. The molecule has 5 heteroatoms. The van der Waals surface area contributed by atoms with Crippen LogP contribution in [0.25, 0.3) is 11.0 Å². The summed E-state index contributed by atoms with van der Waals surface area (Å²) in [7, 11) is 0. The van der Waals surface area contributed by atoms with Crippen molar-refractivity contribution < 1.29 is 0 Å². The molecule has 0 fully saturated rings. The Balaban J connectivity index is 2.12. The summed E-state index contributed by atoms with van der Waals surface area (Å²) >= 11 is 7.73. The van der Waals surface area contributed by atoms with Gasteiger partial charge in [0, 0.05) is 11.1 Å². The molecule has 3 rings (SSSR count). The van der Waals surface area contributed by atoms with Crippen molar-refractivity contribution >= 4 is 34.0 Å². The molecule has 0 spiro atoms. The molecule has 0 unspecified atom stereocenters. The van der Waals surface area contributed by atoms with Crippen molar-refractivity contribution in [3.63, 3.8) is 0 Å². The van der Waals surface area contributed by atoms with Gasteiger partial charge in [0.1, 0.15) is 5.82 Å². The highest BCUT2D eigenvalue weighted by Crippen LogP contribution is 2.22. The third-order valence-electron chi connectivity index (χ3n) is 3.09. The Kier molecular flexibility index (Phi) is 3.29.